The zero-order valence-electron chi connectivity index (χ0n) is 10.5. The molecule has 0 aromatic heterocycles. The Morgan fingerprint density at radius 3 is 1.93 bits per heavy atom. The van der Waals surface area contributed by atoms with E-state index in [0.29, 0.717) is 12.1 Å². The fraction of sp³-hybridized carbons (Fsp3) is 1.00. The van der Waals surface area contributed by atoms with Crippen LogP contribution >= 0.6 is 0 Å². The lowest BCUT2D eigenvalue weighted by atomic mass is 9.83. The molecule has 1 N–H and O–H groups in total. The molecule has 1 rings (SSSR count). The van der Waals surface area contributed by atoms with Crippen LogP contribution in [0.1, 0.15) is 41.5 Å². The highest BCUT2D eigenvalue weighted by Gasteiger charge is 2.38. The Bertz CT molecular complexity index is 159. The first-order chi connectivity index (χ1) is 6.45. The van der Waals surface area contributed by atoms with E-state index in [1.165, 1.54) is 0 Å². The third-order valence-corrected chi connectivity index (χ3v) is 3.37. The van der Waals surface area contributed by atoms with Crippen molar-refractivity contribution in [2.45, 2.75) is 53.6 Å². The Kier molecular flexibility index (Phi) is 3.96. The molecule has 2 nitrogen and oxygen atoms in total. The van der Waals surface area contributed by atoms with E-state index in [1.54, 1.807) is 0 Å². The van der Waals surface area contributed by atoms with Gasteiger partial charge >= 0.3 is 0 Å². The van der Waals surface area contributed by atoms with Gasteiger partial charge in [0, 0.05) is 18.6 Å². The fourth-order valence-electron chi connectivity index (χ4n) is 2.62. The van der Waals surface area contributed by atoms with E-state index < -0.39 is 0 Å². The van der Waals surface area contributed by atoms with Crippen LogP contribution in [-0.2, 0) is 0 Å². The van der Waals surface area contributed by atoms with Crippen LogP contribution in [0.15, 0.2) is 0 Å². The van der Waals surface area contributed by atoms with Crippen molar-refractivity contribution < 1.29 is 0 Å². The summed E-state index contributed by atoms with van der Waals surface area (Å²) in [5.41, 5.74) is 3.55. The molecule has 0 amide bonds. The number of nitrogens with zero attached hydrogens (tertiary/aromatic N) is 1. The molecular formula is C12H26N2. The van der Waals surface area contributed by atoms with Gasteiger partial charge in [-0.1, -0.05) is 27.7 Å². The predicted octanol–water partition coefficient (Wildman–Crippen LogP) is 2.51. The van der Waals surface area contributed by atoms with Crippen molar-refractivity contribution in [3.8, 4) is 0 Å². The van der Waals surface area contributed by atoms with Gasteiger partial charge in [0.15, 0.2) is 0 Å². The van der Waals surface area contributed by atoms with Crippen LogP contribution in [-0.4, -0.2) is 23.6 Å². The van der Waals surface area contributed by atoms with E-state index in [1.807, 2.05) is 0 Å². The highest BCUT2D eigenvalue weighted by molar-refractivity contribution is 4.89. The van der Waals surface area contributed by atoms with Gasteiger partial charge in [0.05, 0.1) is 0 Å². The summed E-state index contributed by atoms with van der Waals surface area (Å²) in [6.45, 7) is 15.0. The molecule has 2 heteroatoms. The van der Waals surface area contributed by atoms with E-state index in [0.717, 1.165) is 24.3 Å². The Labute approximate surface area is 89.0 Å². The van der Waals surface area contributed by atoms with Gasteiger partial charge in [-0.05, 0) is 31.6 Å². The van der Waals surface area contributed by atoms with Gasteiger partial charge in [-0.2, -0.15) is 0 Å². The molecule has 2 unspecified atom stereocenters. The summed E-state index contributed by atoms with van der Waals surface area (Å²) in [6.07, 6.45) is 0. The lowest BCUT2D eigenvalue weighted by molar-refractivity contribution is 0.0889. The minimum atomic E-state index is 0.603. The van der Waals surface area contributed by atoms with Crippen LogP contribution in [0.4, 0.5) is 0 Å². The fourth-order valence-corrected chi connectivity index (χ4v) is 2.62. The summed E-state index contributed by atoms with van der Waals surface area (Å²) in [6, 6.07) is 1.31. The first-order valence-electron chi connectivity index (χ1n) is 5.97. The maximum absolute atomic E-state index is 3.55. The van der Waals surface area contributed by atoms with Gasteiger partial charge in [-0.15, -0.1) is 0 Å². The number of nitrogens with one attached hydrogen (secondary N) is 1. The lowest BCUT2D eigenvalue weighted by Crippen LogP contribution is -2.46. The Hall–Kier alpha value is -0.0800. The highest BCUT2D eigenvalue weighted by atomic mass is 15.6. The molecule has 0 bridgehead atoms. The predicted molar refractivity (Wildman–Crippen MR) is 61.9 cm³/mol. The number of hydrogen-bond acceptors (Lipinski definition) is 2. The molecule has 0 spiro atoms. The molecule has 1 heterocycles. The van der Waals surface area contributed by atoms with Crippen LogP contribution in [0.25, 0.3) is 0 Å². The van der Waals surface area contributed by atoms with E-state index in [-0.39, 0.29) is 0 Å². The van der Waals surface area contributed by atoms with Gasteiger partial charge in [0.2, 0.25) is 0 Å². The third kappa shape index (κ3) is 2.29. The largest absolute Gasteiger partial charge is 0.254 e. The van der Waals surface area contributed by atoms with Gasteiger partial charge < -0.3 is 0 Å². The van der Waals surface area contributed by atoms with Crippen molar-refractivity contribution >= 4 is 0 Å². The summed E-state index contributed by atoms with van der Waals surface area (Å²) in [4.78, 5) is 0. The zero-order valence-corrected chi connectivity index (χ0v) is 10.5. The highest BCUT2D eigenvalue weighted by Crippen LogP contribution is 2.30. The smallest absolute Gasteiger partial charge is 0.0312 e. The van der Waals surface area contributed by atoms with E-state index >= 15 is 0 Å². The van der Waals surface area contributed by atoms with Gasteiger partial charge in [0.25, 0.3) is 0 Å². The van der Waals surface area contributed by atoms with Gasteiger partial charge in [0.1, 0.15) is 0 Å². The molecule has 0 aromatic carbocycles. The maximum Gasteiger partial charge on any atom is 0.0312 e. The minimum Gasteiger partial charge on any atom is -0.254 e. The average Bonchev–Trinajstić information content (AvgIpc) is 2.46. The van der Waals surface area contributed by atoms with Crippen LogP contribution in [0.2, 0.25) is 0 Å². The van der Waals surface area contributed by atoms with E-state index in [4.69, 9.17) is 0 Å². The average molecular weight is 198 g/mol. The summed E-state index contributed by atoms with van der Waals surface area (Å²) in [5.74, 6) is 2.32. The third-order valence-electron chi connectivity index (χ3n) is 3.37. The molecular weight excluding hydrogens is 172 g/mol. The SMILES string of the molecule is CC(C)C1CNN(C(C)C)C1C(C)C. The Morgan fingerprint density at radius 2 is 1.57 bits per heavy atom. The Balaban J connectivity index is 2.74. The normalized spacial score (nSPS) is 29.8. The minimum absolute atomic E-state index is 0.603. The second-order valence-electron chi connectivity index (χ2n) is 5.51. The Morgan fingerprint density at radius 1 is 1.00 bits per heavy atom. The molecule has 1 aliphatic heterocycles. The van der Waals surface area contributed by atoms with Gasteiger partial charge in [-0.25, -0.2) is 5.01 Å². The molecule has 0 saturated carbocycles. The summed E-state index contributed by atoms with van der Waals surface area (Å²) in [5, 5.41) is 2.45. The van der Waals surface area contributed by atoms with Crippen molar-refractivity contribution in [2.24, 2.45) is 17.8 Å². The molecule has 0 aliphatic carbocycles. The molecule has 84 valence electrons. The monoisotopic (exact) mass is 198 g/mol. The first kappa shape index (κ1) is 12.0. The summed E-state index contributed by atoms with van der Waals surface area (Å²) < 4.78 is 0. The van der Waals surface area contributed by atoms with Crippen molar-refractivity contribution in [1.29, 1.82) is 0 Å². The van der Waals surface area contributed by atoms with Crippen LogP contribution in [0.5, 0.6) is 0 Å². The summed E-state index contributed by atoms with van der Waals surface area (Å²) >= 11 is 0. The van der Waals surface area contributed by atoms with E-state index in [9.17, 15) is 0 Å². The molecule has 1 aliphatic rings. The second-order valence-corrected chi connectivity index (χ2v) is 5.51. The molecule has 14 heavy (non-hydrogen) atoms. The van der Waals surface area contributed by atoms with Crippen LogP contribution in [0.3, 0.4) is 0 Å². The maximum atomic E-state index is 3.55. The lowest BCUT2D eigenvalue weighted by Gasteiger charge is -2.34. The number of hydrazine groups is 1. The van der Waals surface area contributed by atoms with Crippen molar-refractivity contribution in [3.63, 3.8) is 0 Å². The topological polar surface area (TPSA) is 15.3 Å². The molecule has 1 fully saturated rings. The molecule has 1 saturated heterocycles. The second kappa shape index (κ2) is 4.63. The molecule has 0 radical (unpaired) electrons. The molecule has 2 atom stereocenters. The number of rotatable bonds is 3. The van der Waals surface area contributed by atoms with E-state index in [2.05, 4.69) is 52.0 Å². The first-order valence-corrected chi connectivity index (χ1v) is 5.97. The van der Waals surface area contributed by atoms with Crippen molar-refractivity contribution in [3.05, 3.63) is 0 Å². The van der Waals surface area contributed by atoms with Crippen molar-refractivity contribution in [2.75, 3.05) is 6.54 Å². The quantitative estimate of drug-likeness (QED) is 0.749. The summed E-state index contributed by atoms with van der Waals surface area (Å²) in [7, 11) is 0. The zero-order chi connectivity index (χ0) is 10.9. The van der Waals surface area contributed by atoms with Crippen LogP contribution < -0.4 is 5.43 Å². The van der Waals surface area contributed by atoms with Crippen molar-refractivity contribution in [1.82, 2.24) is 10.4 Å². The van der Waals surface area contributed by atoms with Crippen LogP contribution in [0, 0.1) is 17.8 Å². The van der Waals surface area contributed by atoms with Gasteiger partial charge in [-0.3, -0.25) is 5.43 Å². The molecule has 0 aromatic rings. The standard InChI is InChI=1S/C12H26N2/c1-8(2)11-7-13-14(10(5)6)12(11)9(3)4/h8-13H,7H2,1-6H3. The number of hydrogen-bond donors (Lipinski definition) is 1.